The number of alkyl carbamates (subject to hydrolysis) is 1. The summed E-state index contributed by atoms with van der Waals surface area (Å²) >= 11 is 0. The van der Waals surface area contributed by atoms with Gasteiger partial charge in [-0.25, -0.2) is 9.18 Å². The molecule has 0 saturated carbocycles. The fraction of sp³-hybridized carbons (Fsp3) is 0.349. The van der Waals surface area contributed by atoms with E-state index in [0.717, 1.165) is 22.0 Å². The highest BCUT2D eigenvalue weighted by Gasteiger charge is 2.50. The number of fused-ring (bicyclic) bond motifs is 1. The van der Waals surface area contributed by atoms with Gasteiger partial charge < -0.3 is 24.8 Å². The Hall–Kier alpha value is -4.73. The zero-order valence-corrected chi connectivity index (χ0v) is 32.4. The predicted octanol–water partition coefficient (Wildman–Crippen LogP) is 8.45. The maximum Gasteiger partial charge on any atom is 0.407 e. The van der Waals surface area contributed by atoms with Crippen LogP contribution in [0.2, 0.25) is 5.04 Å². The average molecular weight is 722 g/mol. The smallest absolute Gasteiger partial charge is 0.407 e. The molecule has 7 nitrogen and oxygen atoms in total. The molecule has 52 heavy (non-hydrogen) atoms. The van der Waals surface area contributed by atoms with Crippen LogP contribution in [0.4, 0.5) is 9.18 Å². The minimum atomic E-state index is -2.84. The number of aromatic amines is 1. The van der Waals surface area contributed by atoms with Crippen LogP contribution in [0.1, 0.15) is 65.4 Å². The first-order valence-corrected chi connectivity index (χ1v) is 20.0. The number of hydrogen-bond donors (Lipinski definition) is 3. The van der Waals surface area contributed by atoms with Gasteiger partial charge in [0, 0.05) is 36.2 Å². The lowest BCUT2D eigenvalue weighted by Crippen LogP contribution is -2.67. The van der Waals surface area contributed by atoms with Gasteiger partial charge in [-0.15, -0.1) is 0 Å². The number of rotatable bonds is 13. The number of benzene rings is 4. The normalized spacial score (nSPS) is 13.4. The summed E-state index contributed by atoms with van der Waals surface area (Å²) in [5.74, 6) is -0.618. The lowest BCUT2D eigenvalue weighted by molar-refractivity contribution is 0.0510. The first kappa shape index (κ1) is 38.5. The summed E-state index contributed by atoms with van der Waals surface area (Å²) in [6.45, 7) is 15.5. The molecule has 1 unspecified atom stereocenters. The van der Waals surface area contributed by atoms with Crippen molar-refractivity contribution in [3.63, 3.8) is 0 Å². The highest BCUT2D eigenvalue weighted by atomic mass is 28.4. The number of halogens is 1. The highest BCUT2D eigenvalue weighted by molar-refractivity contribution is 6.99. The van der Waals surface area contributed by atoms with Crippen LogP contribution in [0.25, 0.3) is 22.0 Å². The van der Waals surface area contributed by atoms with E-state index < -0.39 is 20.0 Å². The van der Waals surface area contributed by atoms with Crippen LogP contribution in [0.15, 0.2) is 109 Å². The molecule has 2 atom stereocenters. The molecule has 4 aromatic carbocycles. The van der Waals surface area contributed by atoms with Crippen molar-refractivity contribution < 1.29 is 23.1 Å². The number of ether oxygens (including phenoxy) is 1. The SMILES string of the molecule is C[C@@H](CNC(=O)c1[nH]c2ccccc2c1-c1ccc(F)cc1)CC(CNC(=O)OC(C)(C)C)CO[Si](c1ccccc1)(c1ccccc1)C(C)(C)C. The average Bonchev–Trinajstić information content (AvgIpc) is 3.49. The minimum Gasteiger partial charge on any atom is -0.444 e. The third kappa shape index (κ3) is 9.19. The summed E-state index contributed by atoms with van der Waals surface area (Å²) in [5, 5.41) is 9.18. The van der Waals surface area contributed by atoms with Crippen molar-refractivity contribution >= 4 is 41.6 Å². The standard InChI is InChI=1S/C43H52FN3O4Si/c1-30(27-45-40(48)39-38(32-22-24-33(44)25-23-32)36-20-14-15-21-37(36)47-39)26-31(28-46-41(49)51-42(2,3)4)29-50-52(43(5,6)7,34-16-10-8-11-17-34)35-18-12-9-13-19-35/h8-25,30-31,47H,26-29H2,1-7H3,(H,45,48)(H,46,49)/t30-,31?/m1/s1. The van der Waals surface area contributed by atoms with Gasteiger partial charge in [0.25, 0.3) is 14.2 Å². The highest BCUT2D eigenvalue weighted by Crippen LogP contribution is 2.37. The van der Waals surface area contributed by atoms with Crippen LogP contribution in [0, 0.1) is 17.7 Å². The van der Waals surface area contributed by atoms with E-state index in [9.17, 15) is 14.0 Å². The maximum absolute atomic E-state index is 13.8. The molecular formula is C43H52FN3O4Si. The van der Waals surface area contributed by atoms with E-state index in [1.807, 2.05) is 57.2 Å². The topological polar surface area (TPSA) is 92.5 Å². The molecule has 0 aliphatic carbocycles. The Morgan fingerprint density at radius 3 is 1.92 bits per heavy atom. The predicted molar refractivity (Wildman–Crippen MR) is 211 cm³/mol. The van der Waals surface area contributed by atoms with Crippen LogP contribution in [-0.4, -0.2) is 50.6 Å². The molecule has 0 fully saturated rings. The minimum absolute atomic E-state index is 0.0378. The Morgan fingerprint density at radius 1 is 0.769 bits per heavy atom. The molecule has 274 valence electrons. The van der Waals surface area contributed by atoms with Crippen molar-refractivity contribution in [2.75, 3.05) is 19.7 Å². The summed E-state index contributed by atoms with van der Waals surface area (Å²) < 4.78 is 26.7. The monoisotopic (exact) mass is 721 g/mol. The second kappa shape index (κ2) is 16.3. The quantitative estimate of drug-likeness (QED) is 0.107. The number of aromatic nitrogens is 1. The Bertz CT molecular complexity index is 1890. The van der Waals surface area contributed by atoms with Crippen LogP contribution >= 0.6 is 0 Å². The fourth-order valence-electron chi connectivity index (χ4n) is 6.99. The number of H-pyrrole nitrogens is 1. The van der Waals surface area contributed by atoms with Gasteiger partial charge >= 0.3 is 6.09 Å². The van der Waals surface area contributed by atoms with E-state index in [0.29, 0.717) is 31.8 Å². The number of hydrogen-bond acceptors (Lipinski definition) is 4. The van der Waals surface area contributed by atoms with E-state index in [1.165, 1.54) is 22.5 Å². The number of carbonyl (C=O) groups is 2. The van der Waals surface area contributed by atoms with Crippen molar-refractivity contribution in [3.8, 4) is 11.1 Å². The van der Waals surface area contributed by atoms with Gasteiger partial charge in [0.15, 0.2) is 0 Å². The summed E-state index contributed by atoms with van der Waals surface area (Å²) in [5.41, 5.74) is 2.12. The lowest BCUT2D eigenvalue weighted by atomic mass is 9.96. The Kier molecular flexibility index (Phi) is 12.1. The van der Waals surface area contributed by atoms with Crippen molar-refractivity contribution in [2.45, 2.75) is 65.5 Å². The molecule has 1 aromatic heterocycles. The van der Waals surface area contributed by atoms with Crippen molar-refractivity contribution in [3.05, 3.63) is 121 Å². The number of carbonyl (C=O) groups excluding carboxylic acids is 2. The lowest BCUT2D eigenvalue weighted by Gasteiger charge is -2.44. The van der Waals surface area contributed by atoms with Gasteiger partial charge in [0.05, 0.1) is 0 Å². The van der Waals surface area contributed by atoms with Gasteiger partial charge in [-0.05, 0) is 78.2 Å². The molecule has 0 spiro atoms. The maximum atomic E-state index is 13.8. The second-order valence-corrected chi connectivity index (χ2v) is 20.0. The van der Waals surface area contributed by atoms with Crippen LogP contribution < -0.4 is 21.0 Å². The van der Waals surface area contributed by atoms with Crippen molar-refractivity contribution in [2.24, 2.45) is 11.8 Å². The Balaban J connectivity index is 1.37. The molecule has 0 bridgehead atoms. The molecule has 9 heteroatoms. The molecule has 3 N–H and O–H groups in total. The van der Waals surface area contributed by atoms with Gasteiger partial charge in [0.2, 0.25) is 0 Å². The Morgan fingerprint density at radius 2 is 1.35 bits per heavy atom. The molecule has 1 heterocycles. The third-order valence-electron chi connectivity index (χ3n) is 9.30. The Labute approximate surface area is 308 Å². The number of amides is 2. The molecule has 0 aliphatic rings. The molecular weight excluding hydrogens is 670 g/mol. The molecule has 0 saturated heterocycles. The van der Waals surface area contributed by atoms with Gasteiger partial charge in [-0.1, -0.05) is 119 Å². The van der Waals surface area contributed by atoms with Crippen LogP contribution in [0.3, 0.4) is 0 Å². The van der Waals surface area contributed by atoms with E-state index in [1.54, 1.807) is 12.1 Å². The van der Waals surface area contributed by atoms with Gasteiger partial charge in [0.1, 0.15) is 17.1 Å². The zero-order chi connectivity index (χ0) is 37.5. The first-order chi connectivity index (χ1) is 24.7. The second-order valence-electron chi connectivity index (χ2n) is 15.7. The fourth-order valence-corrected chi connectivity index (χ4v) is 11.6. The summed E-state index contributed by atoms with van der Waals surface area (Å²) in [6, 6.07) is 34.9. The molecule has 0 aliphatic heterocycles. The van der Waals surface area contributed by atoms with Crippen molar-refractivity contribution in [1.82, 2.24) is 15.6 Å². The molecule has 5 aromatic rings. The third-order valence-corrected chi connectivity index (χ3v) is 14.3. The van der Waals surface area contributed by atoms with Gasteiger partial charge in [-0.3, -0.25) is 4.79 Å². The van der Waals surface area contributed by atoms with Crippen molar-refractivity contribution in [1.29, 1.82) is 0 Å². The molecule has 2 amide bonds. The largest absolute Gasteiger partial charge is 0.444 e. The summed E-state index contributed by atoms with van der Waals surface area (Å²) in [7, 11) is -2.84. The van der Waals surface area contributed by atoms with E-state index >= 15 is 0 Å². The number of para-hydroxylation sites is 1. The first-order valence-electron chi connectivity index (χ1n) is 18.0. The summed E-state index contributed by atoms with van der Waals surface area (Å²) in [6.07, 6.45) is 0.197. The summed E-state index contributed by atoms with van der Waals surface area (Å²) in [4.78, 5) is 29.9. The van der Waals surface area contributed by atoms with E-state index in [-0.39, 0.29) is 28.6 Å². The van der Waals surface area contributed by atoms with Gasteiger partial charge in [-0.2, -0.15) is 0 Å². The number of nitrogens with one attached hydrogen (secondary N) is 3. The molecule has 0 radical (unpaired) electrons. The van der Waals surface area contributed by atoms with E-state index in [4.69, 9.17) is 9.16 Å². The van der Waals surface area contributed by atoms with Crippen LogP contribution in [0.5, 0.6) is 0 Å². The zero-order valence-electron chi connectivity index (χ0n) is 31.4. The van der Waals surface area contributed by atoms with E-state index in [2.05, 4.69) is 91.8 Å². The molecule has 5 rings (SSSR count). The van der Waals surface area contributed by atoms with Crippen LogP contribution in [-0.2, 0) is 9.16 Å².